The number of fused-ring (bicyclic) bond motifs is 1. The highest BCUT2D eigenvalue weighted by molar-refractivity contribution is 7.92. The van der Waals surface area contributed by atoms with E-state index in [1.165, 1.54) is 30.3 Å². The maximum atomic E-state index is 13.4. The van der Waals surface area contributed by atoms with Crippen molar-refractivity contribution in [1.82, 2.24) is 5.32 Å². The van der Waals surface area contributed by atoms with Gasteiger partial charge in [0.1, 0.15) is 6.54 Å². The molecule has 4 rings (SSSR count). The molecule has 0 bridgehead atoms. The quantitative estimate of drug-likeness (QED) is 0.357. The summed E-state index contributed by atoms with van der Waals surface area (Å²) in [4.78, 5) is 12.9. The van der Waals surface area contributed by atoms with Crippen LogP contribution in [-0.2, 0) is 21.4 Å². The Morgan fingerprint density at radius 3 is 2.12 bits per heavy atom. The van der Waals surface area contributed by atoms with Gasteiger partial charge in [0, 0.05) is 16.6 Å². The van der Waals surface area contributed by atoms with Crippen molar-refractivity contribution < 1.29 is 13.2 Å². The fourth-order valence-electron chi connectivity index (χ4n) is 3.45. The molecule has 0 heterocycles. The van der Waals surface area contributed by atoms with E-state index in [1.54, 1.807) is 18.2 Å². The first kappa shape index (κ1) is 23.1. The molecular formula is C25H20Cl2N2O3S. The molecule has 0 aliphatic carbocycles. The molecule has 0 unspecified atom stereocenters. The fraction of sp³-hybridized carbons (Fsp3) is 0.0800. The molecule has 1 N–H and O–H groups in total. The molecule has 0 aliphatic heterocycles. The molecule has 5 nitrogen and oxygen atoms in total. The first-order valence-electron chi connectivity index (χ1n) is 10.1. The van der Waals surface area contributed by atoms with Gasteiger partial charge < -0.3 is 5.32 Å². The number of benzene rings is 4. The Balaban J connectivity index is 1.58. The number of anilines is 1. The van der Waals surface area contributed by atoms with E-state index < -0.39 is 22.5 Å². The number of hydrogen-bond acceptors (Lipinski definition) is 3. The van der Waals surface area contributed by atoms with Gasteiger partial charge in [0.25, 0.3) is 10.0 Å². The first-order valence-corrected chi connectivity index (χ1v) is 12.3. The second-order valence-corrected chi connectivity index (χ2v) is 10.1. The van der Waals surface area contributed by atoms with Gasteiger partial charge in [0.2, 0.25) is 5.91 Å². The second kappa shape index (κ2) is 9.83. The van der Waals surface area contributed by atoms with Crippen LogP contribution in [0.4, 0.5) is 5.69 Å². The minimum absolute atomic E-state index is 0.0587. The molecule has 0 aliphatic rings. The Morgan fingerprint density at radius 2 is 1.42 bits per heavy atom. The summed E-state index contributed by atoms with van der Waals surface area (Å²) in [7, 11) is -4.04. The standard InChI is InChI=1S/C25H20Cl2N2O3S/c26-21-13-22(27)15-23(14-21)29(33(31,32)24-8-2-1-3-9-24)17-25(30)28-16-18-10-11-19-6-4-5-7-20(19)12-18/h1-15H,16-17H2,(H,28,30). The molecule has 0 aromatic heterocycles. The summed E-state index contributed by atoms with van der Waals surface area (Å²) in [6.07, 6.45) is 0. The topological polar surface area (TPSA) is 66.5 Å². The normalized spacial score (nSPS) is 11.3. The third kappa shape index (κ3) is 5.47. The van der Waals surface area contributed by atoms with Gasteiger partial charge in [-0.15, -0.1) is 0 Å². The van der Waals surface area contributed by atoms with Crippen LogP contribution in [-0.4, -0.2) is 20.9 Å². The average Bonchev–Trinajstić information content (AvgIpc) is 2.81. The molecule has 0 saturated carbocycles. The number of halogens is 2. The Morgan fingerprint density at radius 1 is 0.788 bits per heavy atom. The van der Waals surface area contributed by atoms with Gasteiger partial charge in [-0.2, -0.15) is 0 Å². The van der Waals surface area contributed by atoms with Crippen LogP contribution in [0.3, 0.4) is 0 Å². The van der Waals surface area contributed by atoms with Crippen LogP contribution >= 0.6 is 23.2 Å². The van der Waals surface area contributed by atoms with Crippen molar-refractivity contribution in [3.63, 3.8) is 0 Å². The Kier molecular flexibility index (Phi) is 6.88. The highest BCUT2D eigenvalue weighted by Crippen LogP contribution is 2.29. The largest absolute Gasteiger partial charge is 0.350 e. The second-order valence-electron chi connectivity index (χ2n) is 7.41. The molecule has 168 valence electrons. The van der Waals surface area contributed by atoms with Crippen LogP contribution in [0.2, 0.25) is 10.0 Å². The zero-order valence-corrected chi connectivity index (χ0v) is 19.7. The predicted molar refractivity (Wildman–Crippen MR) is 133 cm³/mol. The molecule has 0 atom stereocenters. The molecular weight excluding hydrogens is 479 g/mol. The Hall–Kier alpha value is -3.06. The van der Waals surface area contributed by atoms with E-state index in [1.807, 2.05) is 42.5 Å². The first-order chi connectivity index (χ1) is 15.8. The van der Waals surface area contributed by atoms with Gasteiger partial charge in [0.05, 0.1) is 10.6 Å². The lowest BCUT2D eigenvalue weighted by Crippen LogP contribution is -2.40. The van der Waals surface area contributed by atoms with Crippen molar-refractivity contribution in [2.24, 2.45) is 0 Å². The van der Waals surface area contributed by atoms with E-state index in [9.17, 15) is 13.2 Å². The lowest BCUT2D eigenvalue weighted by molar-refractivity contribution is -0.119. The lowest BCUT2D eigenvalue weighted by Gasteiger charge is -2.24. The molecule has 0 fully saturated rings. The summed E-state index contributed by atoms with van der Waals surface area (Å²) in [5.74, 6) is -0.459. The maximum absolute atomic E-state index is 13.4. The van der Waals surface area contributed by atoms with Gasteiger partial charge in [-0.25, -0.2) is 8.42 Å². The van der Waals surface area contributed by atoms with E-state index >= 15 is 0 Å². The Labute approximate surface area is 202 Å². The smallest absolute Gasteiger partial charge is 0.264 e. The fourth-order valence-corrected chi connectivity index (χ4v) is 5.39. The highest BCUT2D eigenvalue weighted by atomic mass is 35.5. The van der Waals surface area contributed by atoms with Crippen LogP contribution < -0.4 is 9.62 Å². The van der Waals surface area contributed by atoms with Gasteiger partial charge in [-0.1, -0.05) is 77.8 Å². The zero-order chi connectivity index (χ0) is 23.4. The van der Waals surface area contributed by atoms with Crippen molar-refractivity contribution in [2.75, 3.05) is 10.8 Å². The molecule has 4 aromatic carbocycles. The lowest BCUT2D eigenvalue weighted by atomic mass is 10.1. The molecule has 0 spiro atoms. The zero-order valence-electron chi connectivity index (χ0n) is 17.4. The van der Waals surface area contributed by atoms with E-state index in [-0.39, 0.29) is 27.2 Å². The molecule has 0 saturated heterocycles. The van der Waals surface area contributed by atoms with E-state index in [2.05, 4.69) is 5.32 Å². The molecule has 4 aromatic rings. The minimum Gasteiger partial charge on any atom is -0.350 e. The van der Waals surface area contributed by atoms with Crippen LogP contribution in [0.5, 0.6) is 0 Å². The van der Waals surface area contributed by atoms with E-state index in [4.69, 9.17) is 23.2 Å². The van der Waals surface area contributed by atoms with Crippen molar-refractivity contribution >= 4 is 55.6 Å². The number of carbonyl (C=O) groups excluding carboxylic acids is 1. The van der Waals surface area contributed by atoms with E-state index in [0.29, 0.717) is 0 Å². The summed E-state index contributed by atoms with van der Waals surface area (Å²) in [6.45, 7) is -0.166. The van der Waals surface area contributed by atoms with Crippen molar-refractivity contribution in [3.8, 4) is 0 Å². The predicted octanol–water partition coefficient (Wildman–Crippen LogP) is 5.66. The molecule has 33 heavy (non-hydrogen) atoms. The summed E-state index contributed by atoms with van der Waals surface area (Å²) in [5.41, 5.74) is 1.11. The summed E-state index contributed by atoms with van der Waals surface area (Å²) in [5, 5.41) is 5.50. The van der Waals surface area contributed by atoms with Crippen LogP contribution in [0.15, 0.2) is 95.9 Å². The number of nitrogens with zero attached hydrogens (tertiary/aromatic N) is 1. The highest BCUT2D eigenvalue weighted by Gasteiger charge is 2.27. The maximum Gasteiger partial charge on any atom is 0.264 e. The monoisotopic (exact) mass is 498 g/mol. The van der Waals surface area contributed by atoms with Crippen molar-refractivity contribution in [2.45, 2.75) is 11.4 Å². The SMILES string of the molecule is O=C(CN(c1cc(Cl)cc(Cl)c1)S(=O)(=O)c1ccccc1)NCc1ccc2ccccc2c1. The van der Waals surface area contributed by atoms with Crippen molar-refractivity contribution in [1.29, 1.82) is 0 Å². The molecule has 1 amide bonds. The van der Waals surface area contributed by atoms with E-state index in [0.717, 1.165) is 20.6 Å². The molecule has 0 radical (unpaired) electrons. The summed E-state index contributed by atoms with van der Waals surface area (Å²) in [6, 6.07) is 26.2. The molecule has 8 heteroatoms. The van der Waals surface area contributed by atoms with Crippen LogP contribution in [0, 0.1) is 0 Å². The number of carbonyl (C=O) groups is 1. The summed E-state index contributed by atoms with van der Waals surface area (Å²) < 4.78 is 27.8. The van der Waals surface area contributed by atoms with Crippen LogP contribution in [0.1, 0.15) is 5.56 Å². The average molecular weight is 499 g/mol. The van der Waals surface area contributed by atoms with Crippen LogP contribution in [0.25, 0.3) is 10.8 Å². The third-order valence-electron chi connectivity index (χ3n) is 5.06. The number of amides is 1. The van der Waals surface area contributed by atoms with Gasteiger partial charge in [-0.05, 0) is 52.7 Å². The number of nitrogens with one attached hydrogen (secondary N) is 1. The van der Waals surface area contributed by atoms with Gasteiger partial charge in [0.15, 0.2) is 0 Å². The number of hydrogen-bond donors (Lipinski definition) is 1. The minimum atomic E-state index is -4.04. The number of sulfonamides is 1. The van der Waals surface area contributed by atoms with Crippen molar-refractivity contribution in [3.05, 3.63) is 107 Å². The third-order valence-corrected chi connectivity index (χ3v) is 7.28. The van der Waals surface area contributed by atoms with Gasteiger partial charge >= 0.3 is 0 Å². The van der Waals surface area contributed by atoms with Gasteiger partial charge in [-0.3, -0.25) is 9.10 Å². The Bertz CT molecular complexity index is 1390. The number of rotatable bonds is 7. The summed E-state index contributed by atoms with van der Waals surface area (Å²) >= 11 is 12.2.